The minimum atomic E-state index is -1.38. The topological polar surface area (TPSA) is 647 Å². The summed E-state index contributed by atoms with van der Waals surface area (Å²) in [6.07, 6.45) is -3.59. The standard InChI is InChI=1S/C82H119N21O28S/c104-42-22-56(98(35-42)77(126)48-8-1-15-83-48)70(119)86-30-64(112)94-18-4-11-52(94)80(129)101-38-45(107)25-59(101)73(122)88-32-65(113)95-19-5-12-53(95)79(128)99-36-43(105)23-57(99)71(120)85-29-62(110)92-16-2-9-50(92)76(125)91-49(41-132)69(118)84-28-63(111)93-17-3-10-51(93)78(127)100-37-44(106)24-58(100)72(121)87-31-66(114)96-20-6-13-54(96)81(130)102-39-46(108)26-60(102)74(123)89-33-67(115)97-21-7-14-55(97)82(131)103-40-47(109)27-61(103)75(124)90-34-68(116)117/h42-61,83,104-109,132H,1-41H2,(H,84,118)(H,85,120)(H,86,119)(H,87,121)(H,88,122)(H,89,123)(H,90,124)(H,91,125)(H,116,117)/t42-,43-,44-,45-,46-,47-,48+,49+,50+,51+,52+,53+,54+,55+,56+,57+,58+,59+,60+,61+/m1/s1. The summed E-state index contributed by atoms with van der Waals surface area (Å²) in [7, 11) is 0. The average molecular weight is 1880 g/mol. The maximum atomic E-state index is 14.4. The van der Waals surface area contributed by atoms with Gasteiger partial charge in [-0.05, 0) is 96.4 Å². The number of likely N-dealkylation sites (tertiary alicyclic amines) is 12. The molecule has 0 spiro atoms. The van der Waals surface area contributed by atoms with Gasteiger partial charge in [0.1, 0.15) is 85.1 Å². The molecule has 0 aliphatic carbocycles. The highest BCUT2D eigenvalue weighted by Gasteiger charge is 2.53. The van der Waals surface area contributed by atoms with Crippen LogP contribution >= 0.6 is 12.6 Å². The first-order valence-electron chi connectivity index (χ1n) is 45.5. The maximum absolute atomic E-state index is 14.4. The number of carbonyl (C=O) groups excluding carboxylic acids is 20. The molecule has 20 amide bonds. The van der Waals surface area contributed by atoms with Crippen molar-refractivity contribution in [3.8, 4) is 0 Å². The van der Waals surface area contributed by atoms with Crippen LogP contribution in [-0.4, -0.2) is 477 Å². The molecule has 0 aromatic rings. The molecule has 0 saturated carbocycles. The number of hydrogen-bond donors (Lipinski definition) is 17. The predicted molar refractivity (Wildman–Crippen MR) is 451 cm³/mol. The number of hydrogen-bond acceptors (Lipinski definition) is 29. The molecular formula is C82H119N21O28S. The van der Waals surface area contributed by atoms with Crippen molar-refractivity contribution >= 4 is 137 Å². The van der Waals surface area contributed by atoms with E-state index >= 15 is 0 Å². The molecular weight excluding hydrogens is 1760 g/mol. The van der Waals surface area contributed by atoms with Crippen molar-refractivity contribution in [2.45, 2.75) is 250 Å². The molecule has 13 aliphatic rings. The Morgan fingerprint density at radius 2 is 0.500 bits per heavy atom. The second-order valence-corrected chi connectivity index (χ2v) is 36.5. The number of carbonyl (C=O) groups is 21. The molecule has 0 unspecified atom stereocenters. The van der Waals surface area contributed by atoms with E-state index in [-0.39, 0.29) is 167 Å². The van der Waals surface area contributed by atoms with E-state index in [0.29, 0.717) is 51.5 Å². The van der Waals surface area contributed by atoms with Crippen LogP contribution in [0.15, 0.2) is 0 Å². The summed E-state index contributed by atoms with van der Waals surface area (Å²) in [5.41, 5.74) is 0. The molecule has 16 N–H and O–H groups in total. The smallest absolute Gasteiger partial charge is 0.322 e. The zero-order valence-electron chi connectivity index (χ0n) is 73.1. The van der Waals surface area contributed by atoms with E-state index in [1.54, 1.807) is 0 Å². The number of carboxylic acids is 1. The van der Waals surface area contributed by atoms with Gasteiger partial charge in [-0.25, -0.2) is 0 Å². The van der Waals surface area contributed by atoms with E-state index in [4.69, 9.17) is 5.11 Å². The van der Waals surface area contributed by atoms with E-state index in [1.807, 2.05) is 0 Å². The first-order chi connectivity index (χ1) is 63.0. The Morgan fingerprint density at radius 3 is 0.735 bits per heavy atom. The highest BCUT2D eigenvalue weighted by molar-refractivity contribution is 7.80. The third kappa shape index (κ3) is 22.2. The van der Waals surface area contributed by atoms with E-state index in [2.05, 4.69) is 60.5 Å². The Morgan fingerprint density at radius 1 is 0.273 bits per heavy atom. The monoisotopic (exact) mass is 1880 g/mol. The highest BCUT2D eigenvalue weighted by atomic mass is 32.1. The molecule has 20 atom stereocenters. The van der Waals surface area contributed by atoms with Gasteiger partial charge in [-0.3, -0.25) is 101 Å². The first-order valence-corrected chi connectivity index (χ1v) is 46.1. The average Bonchev–Trinajstić information content (AvgIpc) is 1.69. The summed E-state index contributed by atoms with van der Waals surface area (Å²) in [6.45, 7) is -5.02. The zero-order valence-corrected chi connectivity index (χ0v) is 74.0. The summed E-state index contributed by atoms with van der Waals surface area (Å²) in [4.78, 5) is 302. The highest BCUT2D eigenvalue weighted by Crippen LogP contribution is 2.34. The number of aliphatic carboxylic acids is 1. The first kappa shape index (κ1) is 98.4. The van der Waals surface area contributed by atoms with E-state index in [0.717, 1.165) is 30.9 Å². The van der Waals surface area contributed by atoms with Crippen LogP contribution in [0.5, 0.6) is 0 Å². The number of aliphatic hydroxyl groups excluding tert-OH is 6. The molecule has 13 heterocycles. The van der Waals surface area contributed by atoms with E-state index in [9.17, 15) is 131 Å². The summed E-state index contributed by atoms with van der Waals surface area (Å²) in [5.74, 6) is -15.9. The third-order valence-corrected chi connectivity index (χ3v) is 27.8. The van der Waals surface area contributed by atoms with Gasteiger partial charge >= 0.3 is 5.97 Å². The van der Waals surface area contributed by atoms with Crippen LogP contribution in [-0.2, 0) is 101 Å². The van der Waals surface area contributed by atoms with Gasteiger partial charge in [-0.1, -0.05) is 0 Å². The zero-order chi connectivity index (χ0) is 95.0. The summed E-state index contributed by atoms with van der Waals surface area (Å²) in [5, 5.41) is 96.0. The molecule has 13 fully saturated rings. The number of thiol groups is 1. The number of β-amino-alcohol motifs (C(OH)–C–C–N with tert-alkyl or cyclic N) is 6. The largest absolute Gasteiger partial charge is 0.480 e. The van der Waals surface area contributed by atoms with Crippen LogP contribution in [0.4, 0.5) is 0 Å². The minimum Gasteiger partial charge on any atom is -0.480 e. The molecule has 49 nitrogen and oxygen atoms in total. The molecule has 0 radical (unpaired) electrons. The Kier molecular flexibility index (Phi) is 32.3. The normalized spacial score (nSPS) is 30.0. The van der Waals surface area contributed by atoms with Crippen molar-refractivity contribution in [2.75, 3.05) is 137 Å². The van der Waals surface area contributed by atoms with Crippen molar-refractivity contribution in [3.63, 3.8) is 0 Å². The van der Waals surface area contributed by atoms with Gasteiger partial charge in [-0.2, -0.15) is 12.6 Å². The van der Waals surface area contributed by atoms with Crippen LogP contribution in [0.25, 0.3) is 0 Å². The fourth-order valence-corrected chi connectivity index (χ4v) is 21.1. The van der Waals surface area contributed by atoms with Crippen molar-refractivity contribution in [3.05, 3.63) is 0 Å². The molecule has 0 bridgehead atoms. The molecule has 0 aromatic carbocycles. The molecule has 0 aromatic heterocycles. The number of nitrogens with zero attached hydrogens (tertiary/aromatic N) is 12. The summed E-state index contributed by atoms with van der Waals surface area (Å²) < 4.78 is 0. The number of nitrogens with one attached hydrogen (secondary N) is 9. The maximum Gasteiger partial charge on any atom is 0.322 e. The lowest BCUT2D eigenvalue weighted by Crippen LogP contribution is -2.57. The van der Waals surface area contributed by atoms with Crippen LogP contribution < -0.4 is 47.9 Å². The molecule has 50 heteroatoms. The quantitative estimate of drug-likeness (QED) is 0.0297. The van der Waals surface area contributed by atoms with Crippen LogP contribution in [0.3, 0.4) is 0 Å². The summed E-state index contributed by atoms with van der Waals surface area (Å²) >= 11 is 4.27. The number of aliphatic hydroxyl groups is 6. The fourth-order valence-electron chi connectivity index (χ4n) is 20.9. The number of amides is 20. The molecule has 132 heavy (non-hydrogen) atoms. The van der Waals surface area contributed by atoms with Gasteiger partial charge < -0.3 is 142 Å². The fraction of sp³-hybridized carbons (Fsp3) is 0.744. The van der Waals surface area contributed by atoms with Gasteiger partial charge in [-0.15, -0.1) is 0 Å². The van der Waals surface area contributed by atoms with Crippen molar-refractivity contribution < 1.29 is 136 Å². The van der Waals surface area contributed by atoms with Crippen molar-refractivity contribution in [2.24, 2.45) is 0 Å². The summed E-state index contributed by atoms with van der Waals surface area (Å²) in [6, 6.07) is -16.1. The number of carboxylic acid groups (broad SMARTS) is 1. The van der Waals surface area contributed by atoms with Gasteiger partial charge in [0, 0.05) is 123 Å². The third-order valence-electron chi connectivity index (χ3n) is 27.4. The Balaban J connectivity index is 0.525. The lowest BCUT2D eigenvalue weighted by Gasteiger charge is -2.32. The van der Waals surface area contributed by atoms with Gasteiger partial charge in [0.2, 0.25) is 118 Å². The van der Waals surface area contributed by atoms with E-state index in [1.165, 1.54) is 34.3 Å². The molecule has 13 rings (SSSR count). The minimum absolute atomic E-state index is 0.0259. The SMILES string of the molecule is O=C(O)CNC(=O)[C@@H]1C[C@@H](O)CN1C(=O)[C@@H]1CCCN1C(=O)CNC(=O)[C@@H]1C[C@@H](O)CN1C(=O)[C@@H]1CCCN1C(=O)CNC(=O)[C@@H]1C[C@@H](O)CN1C(=O)[C@@H]1CCCN1C(=O)CNC(=O)[C@H](CS)NC(=O)[C@@H]1CCCN1C(=O)CNC(=O)[C@@H]1C[C@@H](O)CN1C(=O)[C@@H]1CCCN1C(=O)CNC(=O)[C@@H]1C[C@@H](O)CN1C(=O)[C@@H]1CCCN1C(=O)CNC(=O)[C@@H]1C[C@@H](O)CN1C(=O)[C@@H]1CCCN1. The molecule has 726 valence electrons. The van der Waals surface area contributed by atoms with Crippen LogP contribution in [0, 0.1) is 0 Å². The van der Waals surface area contributed by atoms with Crippen LogP contribution in [0.1, 0.15) is 128 Å². The van der Waals surface area contributed by atoms with Crippen molar-refractivity contribution in [1.82, 2.24) is 107 Å². The lowest BCUT2D eigenvalue weighted by molar-refractivity contribution is -0.148. The number of rotatable bonds is 30. The van der Waals surface area contributed by atoms with Gasteiger partial charge in [0.15, 0.2) is 0 Å². The second kappa shape index (κ2) is 43.3. The predicted octanol–water partition coefficient (Wildman–Crippen LogP) is -13.2. The Hall–Kier alpha value is -11.1. The van der Waals surface area contributed by atoms with Gasteiger partial charge in [0.05, 0.1) is 81.9 Å². The van der Waals surface area contributed by atoms with Gasteiger partial charge in [0.25, 0.3) is 0 Å². The Labute approximate surface area is 762 Å². The Bertz CT molecular complexity index is 4490. The van der Waals surface area contributed by atoms with Crippen molar-refractivity contribution in [1.29, 1.82) is 0 Å². The second-order valence-electron chi connectivity index (χ2n) is 36.2. The molecule has 13 saturated heterocycles. The molecule has 13 aliphatic heterocycles. The lowest BCUT2D eigenvalue weighted by atomic mass is 10.1. The van der Waals surface area contributed by atoms with Crippen LogP contribution in [0.2, 0.25) is 0 Å². The van der Waals surface area contributed by atoms with E-state index < -0.39 is 285 Å².